The fourth-order valence-corrected chi connectivity index (χ4v) is 3.03. The Kier molecular flexibility index (Phi) is 5.03. The summed E-state index contributed by atoms with van der Waals surface area (Å²) in [5, 5.41) is 3.28. The first kappa shape index (κ1) is 15.3. The topological polar surface area (TPSA) is 28.2 Å². The maximum Gasteiger partial charge on any atom is 0.126 e. The molecule has 1 aliphatic heterocycles. The molecule has 0 atom stereocenters. The van der Waals surface area contributed by atoms with Crippen LogP contribution in [0.2, 0.25) is 0 Å². The van der Waals surface area contributed by atoms with Gasteiger partial charge >= 0.3 is 0 Å². The first-order chi connectivity index (χ1) is 9.49. The zero-order chi connectivity index (χ0) is 14.6. The summed E-state index contributed by atoms with van der Waals surface area (Å²) in [6.45, 7) is 13.5. The molecule has 2 rings (SSSR count). The third kappa shape index (κ3) is 4.20. The van der Waals surface area contributed by atoms with Crippen molar-refractivity contribution in [3.63, 3.8) is 0 Å². The summed E-state index contributed by atoms with van der Waals surface area (Å²) in [5.41, 5.74) is 1.63. The second kappa shape index (κ2) is 6.57. The number of hydrogen-bond donors (Lipinski definition) is 1. The molecular weight excluding hydrogens is 246 g/mol. The maximum absolute atomic E-state index is 4.67. The van der Waals surface area contributed by atoms with E-state index in [1.165, 1.54) is 31.6 Å². The van der Waals surface area contributed by atoms with Crippen molar-refractivity contribution in [3.05, 3.63) is 23.9 Å². The van der Waals surface area contributed by atoms with Crippen LogP contribution in [0.15, 0.2) is 18.2 Å². The van der Waals surface area contributed by atoms with Crippen LogP contribution in [0.4, 0.5) is 5.82 Å². The van der Waals surface area contributed by atoms with Crippen LogP contribution in [0, 0.1) is 11.3 Å². The van der Waals surface area contributed by atoms with E-state index in [4.69, 9.17) is 0 Å². The van der Waals surface area contributed by atoms with Gasteiger partial charge in [-0.3, -0.25) is 4.90 Å². The fourth-order valence-electron chi connectivity index (χ4n) is 3.03. The normalized spacial score (nSPS) is 18.2. The molecule has 2 heterocycles. The average Bonchev–Trinajstić information content (AvgIpc) is 2.39. The van der Waals surface area contributed by atoms with E-state index >= 15 is 0 Å². The number of piperidine rings is 1. The lowest BCUT2D eigenvalue weighted by Gasteiger charge is -2.38. The van der Waals surface area contributed by atoms with Gasteiger partial charge in [-0.2, -0.15) is 0 Å². The van der Waals surface area contributed by atoms with Crippen LogP contribution < -0.4 is 5.32 Å². The number of nitrogens with one attached hydrogen (secondary N) is 1. The molecule has 1 fully saturated rings. The fraction of sp³-hybridized carbons (Fsp3) is 0.706. The summed E-state index contributed by atoms with van der Waals surface area (Å²) in [4.78, 5) is 7.21. The van der Waals surface area contributed by atoms with Gasteiger partial charge in [0, 0.05) is 13.1 Å². The number of rotatable bonds is 4. The first-order valence-electron chi connectivity index (χ1n) is 7.91. The van der Waals surface area contributed by atoms with E-state index in [0.29, 0.717) is 5.41 Å². The number of hydrogen-bond acceptors (Lipinski definition) is 3. The Labute approximate surface area is 123 Å². The lowest BCUT2D eigenvalue weighted by Crippen LogP contribution is -2.37. The zero-order valence-electron chi connectivity index (χ0n) is 13.4. The van der Waals surface area contributed by atoms with Crippen molar-refractivity contribution in [1.29, 1.82) is 0 Å². The standard InChI is InChI=1S/C17H29N3/c1-5-18-16-8-6-7-15(19-16)13-20-11-9-14(10-12-20)17(2,3)4/h6-8,14H,5,9-13H2,1-4H3,(H,18,19). The molecule has 3 heteroatoms. The van der Waals surface area contributed by atoms with Gasteiger partial charge in [0.2, 0.25) is 0 Å². The molecule has 20 heavy (non-hydrogen) atoms. The molecule has 1 aromatic rings. The van der Waals surface area contributed by atoms with Crippen LogP contribution in [0.5, 0.6) is 0 Å². The van der Waals surface area contributed by atoms with Gasteiger partial charge in [0.15, 0.2) is 0 Å². The Morgan fingerprint density at radius 2 is 1.95 bits per heavy atom. The Bertz CT molecular complexity index is 414. The molecule has 0 aromatic carbocycles. The molecule has 3 nitrogen and oxygen atoms in total. The molecule has 1 N–H and O–H groups in total. The number of aromatic nitrogens is 1. The largest absolute Gasteiger partial charge is 0.370 e. The second-order valence-electron chi connectivity index (χ2n) is 6.96. The highest BCUT2D eigenvalue weighted by Crippen LogP contribution is 2.34. The van der Waals surface area contributed by atoms with Crippen molar-refractivity contribution in [2.75, 3.05) is 25.0 Å². The van der Waals surface area contributed by atoms with Crippen LogP contribution in [0.25, 0.3) is 0 Å². The number of pyridine rings is 1. The van der Waals surface area contributed by atoms with E-state index in [1.54, 1.807) is 0 Å². The summed E-state index contributed by atoms with van der Waals surface area (Å²) in [7, 11) is 0. The molecule has 112 valence electrons. The van der Waals surface area contributed by atoms with Gasteiger partial charge in [-0.05, 0) is 56.3 Å². The zero-order valence-corrected chi connectivity index (χ0v) is 13.4. The third-order valence-corrected chi connectivity index (χ3v) is 4.36. The first-order valence-corrected chi connectivity index (χ1v) is 7.91. The third-order valence-electron chi connectivity index (χ3n) is 4.36. The number of anilines is 1. The highest BCUT2D eigenvalue weighted by molar-refractivity contribution is 5.34. The van der Waals surface area contributed by atoms with Gasteiger partial charge in [0.1, 0.15) is 5.82 Å². The molecule has 0 saturated carbocycles. The summed E-state index contributed by atoms with van der Waals surface area (Å²) in [5.74, 6) is 1.86. The molecule has 1 aromatic heterocycles. The summed E-state index contributed by atoms with van der Waals surface area (Å²) < 4.78 is 0. The van der Waals surface area contributed by atoms with Crippen LogP contribution in [-0.4, -0.2) is 29.5 Å². The van der Waals surface area contributed by atoms with Crippen LogP contribution in [-0.2, 0) is 6.54 Å². The van der Waals surface area contributed by atoms with Crippen molar-refractivity contribution in [1.82, 2.24) is 9.88 Å². The molecule has 1 saturated heterocycles. The predicted molar refractivity (Wildman–Crippen MR) is 85.9 cm³/mol. The van der Waals surface area contributed by atoms with Crippen LogP contribution >= 0.6 is 0 Å². The van der Waals surface area contributed by atoms with Crippen molar-refractivity contribution in [3.8, 4) is 0 Å². The van der Waals surface area contributed by atoms with Gasteiger partial charge in [0.05, 0.1) is 5.69 Å². The molecular formula is C17H29N3. The lowest BCUT2D eigenvalue weighted by atomic mass is 9.75. The minimum atomic E-state index is 0.454. The Balaban J connectivity index is 1.88. The molecule has 0 spiro atoms. The SMILES string of the molecule is CCNc1cccc(CN2CCC(C(C)(C)C)CC2)n1. The molecule has 0 amide bonds. The van der Waals surface area contributed by atoms with Crippen molar-refractivity contribution < 1.29 is 0 Å². The Morgan fingerprint density at radius 1 is 1.25 bits per heavy atom. The van der Waals surface area contributed by atoms with E-state index in [-0.39, 0.29) is 0 Å². The number of likely N-dealkylation sites (tertiary alicyclic amines) is 1. The molecule has 0 aliphatic carbocycles. The van der Waals surface area contributed by atoms with Gasteiger partial charge in [-0.1, -0.05) is 26.8 Å². The predicted octanol–water partition coefficient (Wildman–Crippen LogP) is 3.77. The Hall–Kier alpha value is -1.09. The highest BCUT2D eigenvalue weighted by atomic mass is 15.1. The summed E-state index contributed by atoms with van der Waals surface area (Å²) in [6.07, 6.45) is 2.63. The van der Waals surface area contributed by atoms with E-state index in [0.717, 1.165) is 24.8 Å². The minimum absolute atomic E-state index is 0.454. The molecule has 0 bridgehead atoms. The average molecular weight is 275 g/mol. The van der Waals surface area contributed by atoms with E-state index in [2.05, 4.69) is 55.0 Å². The summed E-state index contributed by atoms with van der Waals surface area (Å²) in [6, 6.07) is 6.28. The quantitative estimate of drug-likeness (QED) is 0.906. The van der Waals surface area contributed by atoms with E-state index in [9.17, 15) is 0 Å². The minimum Gasteiger partial charge on any atom is -0.370 e. The number of nitrogens with zero attached hydrogens (tertiary/aromatic N) is 2. The molecule has 1 aliphatic rings. The smallest absolute Gasteiger partial charge is 0.126 e. The summed E-state index contributed by atoms with van der Waals surface area (Å²) >= 11 is 0. The van der Waals surface area contributed by atoms with Gasteiger partial charge in [-0.25, -0.2) is 4.98 Å². The highest BCUT2D eigenvalue weighted by Gasteiger charge is 2.28. The van der Waals surface area contributed by atoms with Gasteiger partial charge in [-0.15, -0.1) is 0 Å². The maximum atomic E-state index is 4.67. The van der Waals surface area contributed by atoms with Gasteiger partial charge in [0.25, 0.3) is 0 Å². The van der Waals surface area contributed by atoms with E-state index in [1.807, 2.05) is 6.07 Å². The second-order valence-corrected chi connectivity index (χ2v) is 6.96. The van der Waals surface area contributed by atoms with Gasteiger partial charge < -0.3 is 5.32 Å². The molecule has 0 unspecified atom stereocenters. The van der Waals surface area contributed by atoms with E-state index < -0.39 is 0 Å². The van der Waals surface area contributed by atoms with Crippen molar-refractivity contribution >= 4 is 5.82 Å². The Morgan fingerprint density at radius 3 is 2.55 bits per heavy atom. The molecule has 0 radical (unpaired) electrons. The van der Waals surface area contributed by atoms with Crippen molar-refractivity contribution in [2.24, 2.45) is 11.3 Å². The van der Waals surface area contributed by atoms with Crippen molar-refractivity contribution in [2.45, 2.75) is 47.1 Å². The van der Waals surface area contributed by atoms with Crippen LogP contribution in [0.1, 0.15) is 46.2 Å². The monoisotopic (exact) mass is 275 g/mol. The lowest BCUT2D eigenvalue weighted by molar-refractivity contribution is 0.107. The van der Waals surface area contributed by atoms with Crippen LogP contribution in [0.3, 0.4) is 0 Å².